The molecule has 0 atom stereocenters. The van der Waals surface area contributed by atoms with E-state index in [-0.39, 0.29) is 0 Å². The molecule has 0 saturated heterocycles. The van der Waals surface area contributed by atoms with E-state index in [0.29, 0.717) is 11.7 Å². The van der Waals surface area contributed by atoms with E-state index in [9.17, 15) is 0 Å². The molecule has 0 aliphatic carbocycles. The second-order valence-electron chi connectivity index (χ2n) is 3.25. The Balaban J connectivity index is 1.78. The van der Waals surface area contributed by atoms with Crippen LogP contribution in [0.3, 0.4) is 0 Å². The quantitative estimate of drug-likeness (QED) is 0.648. The van der Waals surface area contributed by atoms with Crippen LogP contribution in [0, 0.1) is 0 Å². The van der Waals surface area contributed by atoms with E-state index in [4.69, 9.17) is 15.2 Å². The number of anilines is 1. The van der Waals surface area contributed by atoms with Gasteiger partial charge in [-0.1, -0.05) is 35.2 Å². The molecule has 0 spiro atoms. The van der Waals surface area contributed by atoms with Gasteiger partial charge in [0.2, 0.25) is 5.13 Å². The molecule has 2 aromatic rings. The first kappa shape index (κ1) is 13.0. The minimum absolute atomic E-state index is 0.489. The molecule has 0 bridgehead atoms. The summed E-state index contributed by atoms with van der Waals surface area (Å²) in [4.78, 5) is 0. The first-order chi connectivity index (χ1) is 8.79. The number of nitrogens with zero attached hydrogens (tertiary/aromatic N) is 2. The number of hydrogen-bond donors (Lipinski definition) is 1. The van der Waals surface area contributed by atoms with Crippen molar-refractivity contribution in [3.63, 3.8) is 0 Å². The van der Waals surface area contributed by atoms with Gasteiger partial charge in [-0.15, -0.1) is 10.2 Å². The zero-order valence-electron chi connectivity index (χ0n) is 9.83. The van der Waals surface area contributed by atoms with Gasteiger partial charge in [-0.3, -0.25) is 0 Å². The first-order valence-corrected chi connectivity index (χ1v) is 7.07. The van der Waals surface area contributed by atoms with Gasteiger partial charge >= 0.3 is 0 Å². The van der Waals surface area contributed by atoms with Crippen molar-refractivity contribution in [2.24, 2.45) is 0 Å². The molecular formula is C11H13N3O2S2. The van der Waals surface area contributed by atoms with E-state index in [1.165, 1.54) is 11.3 Å². The van der Waals surface area contributed by atoms with Crippen molar-refractivity contribution in [3.8, 4) is 11.5 Å². The monoisotopic (exact) mass is 283 g/mol. The molecule has 0 fully saturated rings. The predicted octanol–water partition coefficient (Wildman–Crippen LogP) is 2.30. The Hall–Kier alpha value is -1.47. The van der Waals surface area contributed by atoms with Crippen LogP contribution in [0.25, 0.3) is 0 Å². The van der Waals surface area contributed by atoms with Crippen LogP contribution in [-0.2, 0) is 0 Å². The maximum absolute atomic E-state index is 5.64. The van der Waals surface area contributed by atoms with Gasteiger partial charge in [-0.25, -0.2) is 0 Å². The lowest BCUT2D eigenvalue weighted by Crippen LogP contribution is -2.01. The van der Waals surface area contributed by atoms with Gasteiger partial charge in [0.25, 0.3) is 0 Å². The number of ether oxygens (including phenoxy) is 2. The topological polar surface area (TPSA) is 70.3 Å². The number of methoxy groups -OCH3 is 1. The fraction of sp³-hybridized carbons (Fsp3) is 0.273. The highest BCUT2D eigenvalue weighted by Crippen LogP contribution is 2.27. The summed E-state index contributed by atoms with van der Waals surface area (Å²) in [7, 11) is 1.63. The molecule has 0 aliphatic heterocycles. The minimum atomic E-state index is 0.489. The standard InChI is InChI=1S/C11H13N3O2S2/c1-15-8-4-2-3-5-9(8)16-6-7-17-11-14-13-10(12)18-11/h2-5H,6-7H2,1H3,(H2,12,13). The van der Waals surface area contributed by atoms with Gasteiger partial charge in [-0.2, -0.15) is 0 Å². The maximum atomic E-state index is 5.64. The highest BCUT2D eigenvalue weighted by atomic mass is 32.2. The molecule has 0 unspecified atom stereocenters. The van der Waals surface area contributed by atoms with E-state index in [1.807, 2.05) is 24.3 Å². The van der Waals surface area contributed by atoms with Gasteiger partial charge in [0.1, 0.15) is 0 Å². The molecule has 5 nitrogen and oxygen atoms in total. The Morgan fingerprint density at radius 1 is 1.28 bits per heavy atom. The minimum Gasteiger partial charge on any atom is -0.493 e. The van der Waals surface area contributed by atoms with Gasteiger partial charge in [0, 0.05) is 5.75 Å². The fourth-order valence-electron chi connectivity index (χ4n) is 1.30. The van der Waals surface area contributed by atoms with Crippen LogP contribution in [0.1, 0.15) is 0 Å². The zero-order valence-corrected chi connectivity index (χ0v) is 11.5. The summed E-state index contributed by atoms with van der Waals surface area (Å²) in [5.74, 6) is 2.27. The molecule has 18 heavy (non-hydrogen) atoms. The SMILES string of the molecule is COc1ccccc1OCCSc1nnc(N)s1. The van der Waals surface area contributed by atoms with Crippen LogP contribution < -0.4 is 15.2 Å². The van der Waals surface area contributed by atoms with Crippen molar-refractivity contribution in [1.82, 2.24) is 10.2 Å². The van der Waals surface area contributed by atoms with Crippen molar-refractivity contribution < 1.29 is 9.47 Å². The number of rotatable bonds is 6. The van der Waals surface area contributed by atoms with Crippen LogP contribution in [0.4, 0.5) is 5.13 Å². The number of benzene rings is 1. The van der Waals surface area contributed by atoms with Crippen molar-refractivity contribution in [1.29, 1.82) is 0 Å². The number of aromatic nitrogens is 2. The van der Waals surface area contributed by atoms with Crippen LogP contribution in [-0.4, -0.2) is 29.7 Å². The van der Waals surface area contributed by atoms with E-state index in [1.54, 1.807) is 18.9 Å². The number of nitrogens with two attached hydrogens (primary N) is 1. The Bertz CT molecular complexity index is 505. The summed E-state index contributed by atoms with van der Waals surface area (Å²) in [5, 5.41) is 8.15. The summed E-state index contributed by atoms with van der Waals surface area (Å²) in [6.45, 7) is 0.574. The third-order valence-electron chi connectivity index (χ3n) is 2.06. The summed E-state index contributed by atoms with van der Waals surface area (Å²) in [6, 6.07) is 7.57. The molecule has 2 N–H and O–H groups in total. The molecule has 0 radical (unpaired) electrons. The predicted molar refractivity (Wildman–Crippen MR) is 73.5 cm³/mol. The molecular weight excluding hydrogens is 270 g/mol. The van der Waals surface area contributed by atoms with E-state index >= 15 is 0 Å². The smallest absolute Gasteiger partial charge is 0.203 e. The highest BCUT2D eigenvalue weighted by Gasteiger charge is 2.04. The van der Waals surface area contributed by atoms with Crippen LogP contribution >= 0.6 is 23.1 Å². The largest absolute Gasteiger partial charge is 0.493 e. The molecule has 1 aromatic heterocycles. The maximum Gasteiger partial charge on any atom is 0.203 e. The average molecular weight is 283 g/mol. The molecule has 0 aliphatic rings. The third-order valence-corrected chi connectivity index (χ3v) is 3.91. The lowest BCUT2D eigenvalue weighted by atomic mass is 10.3. The van der Waals surface area contributed by atoms with Gasteiger partial charge < -0.3 is 15.2 Å². The second-order valence-corrected chi connectivity index (χ2v) is 5.61. The molecule has 0 amide bonds. The van der Waals surface area contributed by atoms with Crippen LogP contribution in [0.2, 0.25) is 0 Å². The molecule has 96 valence electrons. The van der Waals surface area contributed by atoms with Crippen molar-refractivity contribution in [2.45, 2.75) is 4.34 Å². The average Bonchev–Trinajstić information content (AvgIpc) is 2.81. The molecule has 7 heteroatoms. The lowest BCUT2D eigenvalue weighted by Gasteiger charge is -2.09. The molecule has 2 rings (SSSR count). The van der Waals surface area contributed by atoms with Crippen LogP contribution in [0.15, 0.2) is 28.6 Å². The summed E-state index contributed by atoms with van der Waals surface area (Å²) in [6.07, 6.45) is 0. The van der Waals surface area contributed by atoms with E-state index in [0.717, 1.165) is 21.6 Å². The highest BCUT2D eigenvalue weighted by molar-refractivity contribution is 8.01. The Morgan fingerprint density at radius 3 is 2.72 bits per heavy atom. The normalized spacial score (nSPS) is 10.3. The zero-order chi connectivity index (χ0) is 12.8. The first-order valence-electron chi connectivity index (χ1n) is 5.27. The van der Waals surface area contributed by atoms with Crippen LogP contribution in [0.5, 0.6) is 11.5 Å². The number of thioether (sulfide) groups is 1. The number of hydrogen-bond acceptors (Lipinski definition) is 7. The Labute approximate surface area is 113 Å². The number of para-hydroxylation sites is 2. The van der Waals surface area contributed by atoms with Crippen molar-refractivity contribution in [2.75, 3.05) is 25.2 Å². The van der Waals surface area contributed by atoms with E-state index < -0.39 is 0 Å². The second kappa shape index (κ2) is 6.46. The fourth-order valence-corrected chi connectivity index (χ4v) is 2.82. The third kappa shape index (κ3) is 3.51. The lowest BCUT2D eigenvalue weighted by molar-refractivity contribution is 0.313. The van der Waals surface area contributed by atoms with Gasteiger partial charge in [0.05, 0.1) is 13.7 Å². The molecule has 0 saturated carbocycles. The van der Waals surface area contributed by atoms with E-state index in [2.05, 4.69) is 10.2 Å². The van der Waals surface area contributed by atoms with Crippen molar-refractivity contribution in [3.05, 3.63) is 24.3 Å². The number of nitrogen functional groups attached to an aromatic ring is 1. The summed E-state index contributed by atoms with van der Waals surface area (Å²) < 4.78 is 11.7. The molecule has 1 heterocycles. The summed E-state index contributed by atoms with van der Waals surface area (Å²) in [5.41, 5.74) is 5.50. The van der Waals surface area contributed by atoms with Gasteiger partial charge in [0.15, 0.2) is 15.8 Å². The van der Waals surface area contributed by atoms with Crippen molar-refractivity contribution >= 4 is 28.2 Å². The summed E-state index contributed by atoms with van der Waals surface area (Å²) >= 11 is 2.95. The Kier molecular flexibility index (Phi) is 4.66. The molecule has 1 aromatic carbocycles. The van der Waals surface area contributed by atoms with Gasteiger partial charge in [-0.05, 0) is 12.1 Å². The Morgan fingerprint density at radius 2 is 2.06 bits per heavy atom.